The summed E-state index contributed by atoms with van der Waals surface area (Å²) in [6.45, 7) is 3.65. The van der Waals surface area contributed by atoms with Crippen molar-refractivity contribution in [3.8, 4) is 0 Å². The Balaban J connectivity index is 3.01. The van der Waals surface area contributed by atoms with Crippen LogP contribution in [-0.4, -0.2) is 5.11 Å². The standard InChI is InChI=1S/C11H14ClFO/c1-3-6-11(2,14)8-4-5-9(12)10(13)7-8/h4-5,7,14H,3,6H2,1-2H3. The summed E-state index contributed by atoms with van der Waals surface area (Å²) in [7, 11) is 0. The van der Waals surface area contributed by atoms with Gasteiger partial charge in [-0.2, -0.15) is 0 Å². The van der Waals surface area contributed by atoms with E-state index >= 15 is 0 Å². The molecule has 1 unspecified atom stereocenters. The zero-order valence-corrected chi connectivity index (χ0v) is 9.11. The first-order valence-corrected chi connectivity index (χ1v) is 5.03. The molecule has 0 aliphatic heterocycles. The van der Waals surface area contributed by atoms with Crippen LogP contribution in [0.15, 0.2) is 18.2 Å². The number of hydrogen-bond acceptors (Lipinski definition) is 1. The smallest absolute Gasteiger partial charge is 0.142 e. The second-order valence-corrected chi connectivity index (χ2v) is 4.06. The number of aliphatic hydroxyl groups is 1. The molecule has 0 fully saturated rings. The first kappa shape index (κ1) is 11.5. The van der Waals surface area contributed by atoms with Crippen molar-refractivity contribution in [2.75, 3.05) is 0 Å². The maximum Gasteiger partial charge on any atom is 0.142 e. The van der Waals surface area contributed by atoms with Crippen molar-refractivity contribution < 1.29 is 9.50 Å². The fourth-order valence-electron chi connectivity index (χ4n) is 1.46. The molecule has 0 spiro atoms. The topological polar surface area (TPSA) is 20.2 Å². The van der Waals surface area contributed by atoms with Gasteiger partial charge in [0.05, 0.1) is 10.6 Å². The van der Waals surface area contributed by atoms with E-state index in [1.807, 2.05) is 6.92 Å². The van der Waals surface area contributed by atoms with Crippen LogP contribution in [0.5, 0.6) is 0 Å². The van der Waals surface area contributed by atoms with Crippen molar-refractivity contribution in [3.05, 3.63) is 34.6 Å². The van der Waals surface area contributed by atoms with Crippen LogP contribution in [0.4, 0.5) is 4.39 Å². The Bertz CT molecular complexity index is 323. The van der Waals surface area contributed by atoms with Gasteiger partial charge in [-0.1, -0.05) is 31.0 Å². The summed E-state index contributed by atoms with van der Waals surface area (Å²) >= 11 is 5.55. The van der Waals surface area contributed by atoms with Crippen LogP contribution < -0.4 is 0 Å². The summed E-state index contributed by atoms with van der Waals surface area (Å²) in [4.78, 5) is 0. The maximum absolute atomic E-state index is 13.1. The molecule has 0 radical (unpaired) electrons. The van der Waals surface area contributed by atoms with Crippen LogP contribution in [0.25, 0.3) is 0 Å². The maximum atomic E-state index is 13.1. The van der Waals surface area contributed by atoms with Crippen molar-refractivity contribution >= 4 is 11.6 Å². The lowest BCUT2D eigenvalue weighted by Crippen LogP contribution is -2.20. The fourth-order valence-corrected chi connectivity index (χ4v) is 1.58. The molecule has 3 heteroatoms. The zero-order chi connectivity index (χ0) is 10.8. The highest BCUT2D eigenvalue weighted by molar-refractivity contribution is 6.30. The third-order valence-corrected chi connectivity index (χ3v) is 2.58. The van der Waals surface area contributed by atoms with Gasteiger partial charge in [0.25, 0.3) is 0 Å². The molecule has 78 valence electrons. The molecule has 0 amide bonds. The molecule has 0 aromatic heterocycles. The molecular weight excluding hydrogens is 203 g/mol. The Hall–Kier alpha value is -0.600. The Morgan fingerprint density at radius 3 is 2.64 bits per heavy atom. The highest BCUT2D eigenvalue weighted by Gasteiger charge is 2.22. The molecule has 1 N–H and O–H groups in total. The highest BCUT2D eigenvalue weighted by atomic mass is 35.5. The summed E-state index contributed by atoms with van der Waals surface area (Å²) in [6, 6.07) is 4.41. The Labute approximate surface area is 88.5 Å². The molecule has 1 aromatic rings. The van der Waals surface area contributed by atoms with E-state index in [0.717, 1.165) is 6.42 Å². The molecule has 0 bridgehead atoms. The quantitative estimate of drug-likeness (QED) is 0.820. The van der Waals surface area contributed by atoms with Crippen LogP contribution in [0.2, 0.25) is 5.02 Å². The number of hydrogen-bond donors (Lipinski definition) is 1. The van der Waals surface area contributed by atoms with E-state index in [-0.39, 0.29) is 5.02 Å². The predicted octanol–water partition coefficient (Wildman–Crippen LogP) is 3.49. The SMILES string of the molecule is CCCC(C)(O)c1ccc(Cl)c(F)c1. The van der Waals surface area contributed by atoms with E-state index in [9.17, 15) is 9.50 Å². The Morgan fingerprint density at radius 1 is 1.50 bits per heavy atom. The molecule has 1 rings (SSSR count). The van der Waals surface area contributed by atoms with Gasteiger partial charge < -0.3 is 5.11 Å². The third kappa shape index (κ3) is 2.46. The van der Waals surface area contributed by atoms with Gasteiger partial charge >= 0.3 is 0 Å². The molecule has 1 aromatic carbocycles. The molecule has 14 heavy (non-hydrogen) atoms. The van der Waals surface area contributed by atoms with Gasteiger partial charge in [-0.05, 0) is 31.0 Å². The number of rotatable bonds is 3. The van der Waals surface area contributed by atoms with Crippen LogP contribution in [0.1, 0.15) is 32.3 Å². The summed E-state index contributed by atoms with van der Waals surface area (Å²) in [6.07, 6.45) is 1.45. The molecule has 0 aliphatic carbocycles. The minimum absolute atomic E-state index is 0.0843. The molecule has 0 saturated heterocycles. The van der Waals surface area contributed by atoms with E-state index in [1.165, 1.54) is 12.1 Å². The molecule has 1 atom stereocenters. The van der Waals surface area contributed by atoms with Gasteiger partial charge in [0.15, 0.2) is 0 Å². The minimum Gasteiger partial charge on any atom is -0.385 e. The lowest BCUT2D eigenvalue weighted by molar-refractivity contribution is 0.0466. The molecule has 0 heterocycles. The molecule has 0 saturated carbocycles. The summed E-state index contributed by atoms with van der Waals surface area (Å²) in [5.74, 6) is -0.486. The van der Waals surface area contributed by atoms with Crippen molar-refractivity contribution in [1.29, 1.82) is 0 Å². The Kier molecular flexibility index (Phi) is 3.51. The van der Waals surface area contributed by atoms with Gasteiger partial charge in [0.1, 0.15) is 5.82 Å². The van der Waals surface area contributed by atoms with Crippen LogP contribution in [0.3, 0.4) is 0 Å². The minimum atomic E-state index is -0.972. The normalized spacial score (nSPS) is 15.2. The van der Waals surface area contributed by atoms with Gasteiger partial charge in [-0.3, -0.25) is 0 Å². The summed E-state index contributed by atoms with van der Waals surface area (Å²) in [5, 5.41) is 10.1. The average Bonchev–Trinajstić information content (AvgIpc) is 2.09. The van der Waals surface area contributed by atoms with Crippen molar-refractivity contribution in [1.82, 2.24) is 0 Å². The van der Waals surface area contributed by atoms with Gasteiger partial charge in [-0.15, -0.1) is 0 Å². The fraction of sp³-hybridized carbons (Fsp3) is 0.455. The average molecular weight is 217 g/mol. The summed E-state index contributed by atoms with van der Waals surface area (Å²) < 4.78 is 13.1. The predicted molar refractivity (Wildman–Crippen MR) is 55.9 cm³/mol. The van der Waals surface area contributed by atoms with E-state index in [4.69, 9.17) is 11.6 Å². The monoisotopic (exact) mass is 216 g/mol. The van der Waals surface area contributed by atoms with Crippen molar-refractivity contribution in [2.45, 2.75) is 32.3 Å². The highest BCUT2D eigenvalue weighted by Crippen LogP contribution is 2.28. The second kappa shape index (κ2) is 4.28. The third-order valence-electron chi connectivity index (χ3n) is 2.28. The van der Waals surface area contributed by atoms with E-state index < -0.39 is 11.4 Å². The van der Waals surface area contributed by atoms with Gasteiger partial charge in [-0.25, -0.2) is 4.39 Å². The zero-order valence-electron chi connectivity index (χ0n) is 8.35. The molecular formula is C11H14ClFO. The Morgan fingerprint density at radius 2 is 2.14 bits per heavy atom. The van der Waals surface area contributed by atoms with Crippen LogP contribution >= 0.6 is 11.6 Å². The van der Waals surface area contributed by atoms with Gasteiger partial charge in [0.2, 0.25) is 0 Å². The molecule has 1 nitrogen and oxygen atoms in total. The number of benzene rings is 1. The lowest BCUT2D eigenvalue weighted by Gasteiger charge is -2.23. The van der Waals surface area contributed by atoms with E-state index in [1.54, 1.807) is 13.0 Å². The summed E-state index contributed by atoms with van der Waals surface area (Å²) in [5.41, 5.74) is -0.401. The van der Waals surface area contributed by atoms with Crippen molar-refractivity contribution in [3.63, 3.8) is 0 Å². The van der Waals surface area contributed by atoms with E-state index in [2.05, 4.69) is 0 Å². The first-order chi connectivity index (χ1) is 6.47. The number of halogens is 2. The van der Waals surface area contributed by atoms with Crippen LogP contribution in [0, 0.1) is 5.82 Å². The van der Waals surface area contributed by atoms with E-state index in [0.29, 0.717) is 12.0 Å². The second-order valence-electron chi connectivity index (χ2n) is 3.65. The lowest BCUT2D eigenvalue weighted by atomic mass is 9.91. The van der Waals surface area contributed by atoms with Gasteiger partial charge in [0, 0.05) is 0 Å². The van der Waals surface area contributed by atoms with Crippen LogP contribution in [-0.2, 0) is 5.60 Å². The molecule has 0 aliphatic rings. The van der Waals surface area contributed by atoms with Crippen molar-refractivity contribution in [2.24, 2.45) is 0 Å². The first-order valence-electron chi connectivity index (χ1n) is 4.65. The largest absolute Gasteiger partial charge is 0.385 e.